The summed E-state index contributed by atoms with van der Waals surface area (Å²) in [5, 5.41) is 12.3. The fraction of sp³-hybridized carbons (Fsp3) is 0.529. The minimum atomic E-state index is -1.46. The molecule has 1 rings (SSSR count). The SMILES string of the molecule is CCOCCOC(C)C(=O)NC(CC)(C(=O)O)c1ccccc1. The van der Waals surface area contributed by atoms with E-state index in [0.717, 1.165) is 0 Å². The molecule has 2 unspecified atom stereocenters. The lowest BCUT2D eigenvalue weighted by Crippen LogP contribution is -2.54. The van der Waals surface area contributed by atoms with Crippen molar-refractivity contribution >= 4 is 11.9 Å². The number of carbonyl (C=O) groups excluding carboxylic acids is 1. The van der Waals surface area contributed by atoms with E-state index in [4.69, 9.17) is 9.47 Å². The summed E-state index contributed by atoms with van der Waals surface area (Å²) >= 11 is 0. The molecule has 0 saturated heterocycles. The van der Waals surface area contributed by atoms with Crippen molar-refractivity contribution in [2.75, 3.05) is 19.8 Å². The van der Waals surface area contributed by atoms with Gasteiger partial charge in [-0.2, -0.15) is 0 Å². The molecule has 23 heavy (non-hydrogen) atoms. The highest BCUT2D eigenvalue weighted by molar-refractivity contribution is 5.89. The molecule has 6 nitrogen and oxygen atoms in total. The van der Waals surface area contributed by atoms with Crippen molar-refractivity contribution in [3.63, 3.8) is 0 Å². The molecular weight excluding hydrogens is 298 g/mol. The van der Waals surface area contributed by atoms with E-state index in [1.54, 1.807) is 44.2 Å². The maximum atomic E-state index is 12.3. The molecule has 0 aromatic heterocycles. The minimum Gasteiger partial charge on any atom is -0.479 e. The molecule has 0 aliphatic carbocycles. The topological polar surface area (TPSA) is 84.9 Å². The second kappa shape index (κ2) is 9.27. The first-order chi connectivity index (χ1) is 11.0. The normalized spacial score (nSPS) is 14.7. The molecule has 0 bridgehead atoms. The molecule has 6 heteroatoms. The average Bonchev–Trinajstić information content (AvgIpc) is 2.56. The van der Waals surface area contributed by atoms with Crippen LogP contribution in [0, 0.1) is 0 Å². The number of benzene rings is 1. The zero-order chi connectivity index (χ0) is 17.3. The Hall–Kier alpha value is -1.92. The number of rotatable bonds is 10. The van der Waals surface area contributed by atoms with Gasteiger partial charge in [-0.3, -0.25) is 4.79 Å². The summed E-state index contributed by atoms with van der Waals surface area (Å²) in [6, 6.07) is 8.68. The number of hydrogen-bond donors (Lipinski definition) is 2. The van der Waals surface area contributed by atoms with Crippen LogP contribution in [0.1, 0.15) is 32.8 Å². The van der Waals surface area contributed by atoms with Gasteiger partial charge in [-0.05, 0) is 25.8 Å². The number of carboxylic acid groups (broad SMARTS) is 1. The van der Waals surface area contributed by atoms with E-state index in [-0.39, 0.29) is 13.0 Å². The van der Waals surface area contributed by atoms with E-state index in [0.29, 0.717) is 18.8 Å². The molecule has 0 aliphatic heterocycles. The third-order valence-corrected chi connectivity index (χ3v) is 3.67. The van der Waals surface area contributed by atoms with Crippen LogP contribution >= 0.6 is 0 Å². The van der Waals surface area contributed by atoms with Crippen molar-refractivity contribution in [1.29, 1.82) is 0 Å². The van der Waals surface area contributed by atoms with Crippen molar-refractivity contribution in [3.8, 4) is 0 Å². The summed E-state index contributed by atoms with van der Waals surface area (Å²) < 4.78 is 10.5. The molecule has 0 fully saturated rings. The highest BCUT2D eigenvalue weighted by atomic mass is 16.5. The second-order valence-electron chi connectivity index (χ2n) is 5.13. The summed E-state index contributed by atoms with van der Waals surface area (Å²) in [6.07, 6.45) is -0.534. The lowest BCUT2D eigenvalue weighted by molar-refractivity contribution is -0.151. The first-order valence-electron chi connectivity index (χ1n) is 7.78. The van der Waals surface area contributed by atoms with Crippen molar-refractivity contribution in [1.82, 2.24) is 5.32 Å². The van der Waals surface area contributed by atoms with Crippen molar-refractivity contribution in [2.45, 2.75) is 38.8 Å². The number of aliphatic carboxylic acids is 1. The van der Waals surface area contributed by atoms with Gasteiger partial charge < -0.3 is 19.9 Å². The molecule has 1 aromatic carbocycles. The van der Waals surface area contributed by atoms with Gasteiger partial charge in [-0.25, -0.2) is 4.79 Å². The number of amides is 1. The zero-order valence-electron chi connectivity index (χ0n) is 13.9. The quantitative estimate of drug-likeness (QED) is 0.643. The van der Waals surface area contributed by atoms with Gasteiger partial charge in [0.05, 0.1) is 13.2 Å². The second-order valence-corrected chi connectivity index (χ2v) is 5.13. The Morgan fingerprint density at radius 2 is 1.87 bits per heavy atom. The molecule has 128 valence electrons. The Morgan fingerprint density at radius 3 is 2.39 bits per heavy atom. The van der Waals surface area contributed by atoms with Crippen LogP contribution < -0.4 is 5.32 Å². The predicted molar refractivity (Wildman–Crippen MR) is 86.1 cm³/mol. The molecule has 0 radical (unpaired) electrons. The Bertz CT molecular complexity index is 505. The number of carbonyl (C=O) groups is 2. The summed E-state index contributed by atoms with van der Waals surface area (Å²) in [6.45, 7) is 6.44. The highest BCUT2D eigenvalue weighted by Crippen LogP contribution is 2.25. The average molecular weight is 323 g/mol. The summed E-state index contributed by atoms with van der Waals surface area (Å²) in [5.41, 5.74) is -0.930. The molecule has 2 atom stereocenters. The molecular formula is C17H25NO5. The fourth-order valence-electron chi connectivity index (χ4n) is 2.23. The summed E-state index contributed by atoms with van der Waals surface area (Å²) in [4.78, 5) is 24.2. The number of nitrogens with one attached hydrogen (secondary N) is 1. The molecule has 0 saturated carbocycles. The highest BCUT2D eigenvalue weighted by Gasteiger charge is 2.41. The van der Waals surface area contributed by atoms with E-state index in [9.17, 15) is 14.7 Å². The van der Waals surface area contributed by atoms with Crippen LogP contribution in [0.2, 0.25) is 0 Å². The predicted octanol–water partition coefficient (Wildman–Crippen LogP) is 1.93. The fourth-order valence-corrected chi connectivity index (χ4v) is 2.23. The van der Waals surface area contributed by atoms with Gasteiger partial charge in [0.2, 0.25) is 5.91 Å². The monoisotopic (exact) mass is 323 g/mol. The molecule has 2 N–H and O–H groups in total. The third-order valence-electron chi connectivity index (χ3n) is 3.67. The van der Waals surface area contributed by atoms with Gasteiger partial charge in [-0.15, -0.1) is 0 Å². The lowest BCUT2D eigenvalue weighted by atomic mass is 9.87. The first kappa shape index (κ1) is 19.1. The van der Waals surface area contributed by atoms with Crippen LogP contribution in [0.3, 0.4) is 0 Å². The largest absolute Gasteiger partial charge is 0.479 e. The van der Waals surface area contributed by atoms with Crippen LogP contribution in [0.4, 0.5) is 0 Å². The van der Waals surface area contributed by atoms with Crippen LogP contribution in [0.25, 0.3) is 0 Å². The summed E-state index contributed by atoms with van der Waals surface area (Å²) in [7, 11) is 0. The van der Waals surface area contributed by atoms with Gasteiger partial charge in [0, 0.05) is 6.61 Å². The number of ether oxygens (including phenoxy) is 2. The smallest absolute Gasteiger partial charge is 0.334 e. The Balaban J connectivity index is 2.82. The zero-order valence-corrected chi connectivity index (χ0v) is 13.9. The van der Waals surface area contributed by atoms with Gasteiger partial charge in [0.15, 0.2) is 5.54 Å². The van der Waals surface area contributed by atoms with Gasteiger partial charge in [0.1, 0.15) is 6.10 Å². The molecule has 1 amide bonds. The van der Waals surface area contributed by atoms with E-state index in [1.165, 1.54) is 0 Å². The van der Waals surface area contributed by atoms with E-state index < -0.39 is 23.5 Å². The first-order valence-corrected chi connectivity index (χ1v) is 7.78. The standard InChI is InChI=1S/C17H25NO5/c1-4-17(16(20)21,14-9-7-6-8-10-14)18-15(19)13(3)23-12-11-22-5-2/h6-10,13H,4-5,11-12H2,1-3H3,(H,18,19)(H,20,21). The molecule has 0 aliphatic rings. The van der Waals surface area contributed by atoms with Gasteiger partial charge in [-0.1, -0.05) is 37.3 Å². The summed E-state index contributed by atoms with van der Waals surface area (Å²) in [5.74, 6) is -1.56. The van der Waals surface area contributed by atoms with Crippen LogP contribution in [-0.4, -0.2) is 42.9 Å². The van der Waals surface area contributed by atoms with Crippen LogP contribution in [-0.2, 0) is 24.6 Å². The third kappa shape index (κ3) is 5.04. The van der Waals surface area contributed by atoms with Gasteiger partial charge >= 0.3 is 5.97 Å². The van der Waals surface area contributed by atoms with Crippen molar-refractivity contribution in [2.24, 2.45) is 0 Å². The lowest BCUT2D eigenvalue weighted by Gasteiger charge is -2.31. The van der Waals surface area contributed by atoms with E-state index in [2.05, 4.69) is 5.32 Å². The molecule has 0 spiro atoms. The van der Waals surface area contributed by atoms with Crippen LogP contribution in [0.15, 0.2) is 30.3 Å². The minimum absolute atomic E-state index is 0.226. The van der Waals surface area contributed by atoms with E-state index >= 15 is 0 Å². The number of carboxylic acids is 1. The van der Waals surface area contributed by atoms with Gasteiger partial charge in [0.25, 0.3) is 0 Å². The van der Waals surface area contributed by atoms with Crippen molar-refractivity contribution < 1.29 is 24.2 Å². The number of hydrogen-bond acceptors (Lipinski definition) is 4. The maximum absolute atomic E-state index is 12.3. The maximum Gasteiger partial charge on any atom is 0.334 e. The van der Waals surface area contributed by atoms with Crippen LogP contribution in [0.5, 0.6) is 0 Å². The van der Waals surface area contributed by atoms with Crippen molar-refractivity contribution in [3.05, 3.63) is 35.9 Å². The molecule has 1 aromatic rings. The molecule has 0 heterocycles. The van der Waals surface area contributed by atoms with E-state index in [1.807, 2.05) is 6.92 Å². The Morgan fingerprint density at radius 1 is 1.22 bits per heavy atom. The Kier molecular flexibility index (Phi) is 7.71. The Labute approximate surface area is 136 Å².